The van der Waals surface area contributed by atoms with Crippen LogP contribution < -0.4 is 0 Å². The van der Waals surface area contributed by atoms with E-state index in [0.29, 0.717) is 17.9 Å². The second-order valence-electron chi connectivity index (χ2n) is 6.06. The van der Waals surface area contributed by atoms with Gasteiger partial charge in [-0.25, -0.2) is 8.78 Å². The van der Waals surface area contributed by atoms with Crippen molar-refractivity contribution in [2.24, 2.45) is 0 Å². The van der Waals surface area contributed by atoms with E-state index >= 15 is 0 Å². The average Bonchev–Trinajstić information content (AvgIpc) is 2.53. The van der Waals surface area contributed by atoms with E-state index in [-0.39, 0.29) is 9.39 Å². The standard InChI is InChI=1S/C19H19F2I/c1-2-3-12-4-6-13(7-5-12)14-8-9-16-15(10-14)11-17(20)19(22)18(16)21/h4-7,11,14H,2-3,8-10H2,1H3. The fourth-order valence-electron chi connectivity index (χ4n) is 3.35. The Hall–Kier alpha value is -0.970. The molecule has 2 aromatic rings. The van der Waals surface area contributed by atoms with Gasteiger partial charge in [0.2, 0.25) is 0 Å². The van der Waals surface area contributed by atoms with Gasteiger partial charge in [-0.15, -0.1) is 0 Å². The van der Waals surface area contributed by atoms with Crippen LogP contribution in [0, 0.1) is 15.2 Å². The summed E-state index contributed by atoms with van der Waals surface area (Å²) < 4.78 is 28.1. The third-order valence-electron chi connectivity index (χ3n) is 4.55. The molecule has 0 aliphatic heterocycles. The fraction of sp³-hybridized carbons (Fsp3) is 0.368. The molecular formula is C19H19F2I. The van der Waals surface area contributed by atoms with Crippen molar-refractivity contribution in [3.05, 3.63) is 67.8 Å². The summed E-state index contributed by atoms with van der Waals surface area (Å²) in [6, 6.07) is 10.3. The number of benzene rings is 2. The number of hydrogen-bond acceptors (Lipinski definition) is 0. The lowest BCUT2D eigenvalue weighted by molar-refractivity contribution is 0.515. The van der Waals surface area contributed by atoms with Crippen molar-refractivity contribution in [2.45, 2.75) is 44.9 Å². The maximum Gasteiger partial charge on any atom is 0.142 e. The van der Waals surface area contributed by atoms with Gasteiger partial charge in [-0.2, -0.15) is 0 Å². The second-order valence-corrected chi connectivity index (χ2v) is 7.13. The van der Waals surface area contributed by atoms with Crippen LogP contribution in [0.25, 0.3) is 0 Å². The van der Waals surface area contributed by atoms with E-state index in [1.807, 2.05) is 0 Å². The van der Waals surface area contributed by atoms with Crippen LogP contribution in [0.1, 0.15) is 47.9 Å². The van der Waals surface area contributed by atoms with Crippen molar-refractivity contribution in [1.82, 2.24) is 0 Å². The highest BCUT2D eigenvalue weighted by Gasteiger charge is 2.25. The van der Waals surface area contributed by atoms with Crippen molar-refractivity contribution in [3.63, 3.8) is 0 Å². The topological polar surface area (TPSA) is 0 Å². The largest absolute Gasteiger partial charge is 0.206 e. The van der Waals surface area contributed by atoms with Crippen LogP contribution in [0.15, 0.2) is 30.3 Å². The average molecular weight is 412 g/mol. The first-order chi connectivity index (χ1) is 10.6. The number of halogens is 3. The van der Waals surface area contributed by atoms with Gasteiger partial charge in [0.25, 0.3) is 0 Å². The molecule has 0 aromatic heterocycles. The molecule has 3 rings (SSSR count). The molecule has 0 amide bonds. The quantitative estimate of drug-likeness (QED) is 0.442. The van der Waals surface area contributed by atoms with E-state index in [1.54, 1.807) is 22.6 Å². The predicted molar refractivity (Wildman–Crippen MR) is 94.3 cm³/mol. The number of aryl methyl sites for hydroxylation is 1. The highest BCUT2D eigenvalue weighted by atomic mass is 127. The first-order valence-corrected chi connectivity index (χ1v) is 8.92. The fourth-order valence-corrected chi connectivity index (χ4v) is 3.83. The summed E-state index contributed by atoms with van der Waals surface area (Å²) in [5.41, 5.74) is 4.19. The lowest BCUT2D eigenvalue weighted by Crippen LogP contribution is -2.16. The Balaban J connectivity index is 1.85. The van der Waals surface area contributed by atoms with Gasteiger partial charge in [0.1, 0.15) is 11.6 Å². The molecule has 0 saturated carbocycles. The van der Waals surface area contributed by atoms with Gasteiger partial charge < -0.3 is 0 Å². The molecule has 3 heteroatoms. The van der Waals surface area contributed by atoms with Crippen molar-refractivity contribution >= 4 is 22.6 Å². The van der Waals surface area contributed by atoms with Gasteiger partial charge in [0.15, 0.2) is 0 Å². The molecule has 0 saturated heterocycles. The zero-order valence-electron chi connectivity index (χ0n) is 12.6. The van der Waals surface area contributed by atoms with Crippen LogP contribution in [0.2, 0.25) is 0 Å². The van der Waals surface area contributed by atoms with Gasteiger partial charge >= 0.3 is 0 Å². The molecule has 22 heavy (non-hydrogen) atoms. The minimum atomic E-state index is -0.434. The summed E-state index contributed by atoms with van der Waals surface area (Å²) in [4.78, 5) is 0. The Morgan fingerprint density at radius 3 is 2.59 bits per heavy atom. The molecule has 1 atom stereocenters. The molecular weight excluding hydrogens is 393 g/mol. The monoisotopic (exact) mass is 412 g/mol. The van der Waals surface area contributed by atoms with Crippen LogP contribution in [0.3, 0.4) is 0 Å². The number of rotatable bonds is 3. The zero-order chi connectivity index (χ0) is 15.7. The molecule has 116 valence electrons. The van der Waals surface area contributed by atoms with E-state index < -0.39 is 5.82 Å². The minimum absolute atomic E-state index is 0.124. The van der Waals surface area contributed by atoms with Crippen LogP contribution in [0.5, 0.6) is 0 Å². The van der Waals surface area contributed by atoms with Gasteiger partial charge in [-0.3, -0.25) is 0 Å². The van der Waals surface area contributed by atoms with Crippen molar-refractivity contribution in [1.29, 1.82) is 0 Å². The molecule has 1 aliphatic rings. The molecule has 1 unspecified atom stereocenters. The van der Waals surface area contributed by atoms with Gasteiger partial charge in [-0.1, -0.05) is 37.6 Å². The van der Waals surface area contributed by atoms with E-state index in [1.165, 1.54) is 17.2 Å². The first kappa shape index (κ1) is 15.9. The summed E-state index contributed by atoms with van der Waals surface area (Å²) in [5, 5.41) is 0. The van der Waals surface area contributed by atoms with E-state index in [9.17, 15) is 8.78 Å². The summed E-state index contributed by atoms with van der Waals surface area (Å²) in [5.74, 6) is -0.426. The van der Waals surface area contributed by atoms with Gasteiger partial charge in [0, 0.05) is 0 Å². The Kier molecular flexibility index (Phi) is 4.81. The Labute approximate surface area is 144 Å². The maximum absolute atomic E-state index is 14.2. The van der Waals surface area contributed by atoms with Crippen molar-refractivity contribution < 1.29 is 8.78 Å². The summed E-state index contributed by atoms with van der Waals surface area (Å²) in [6.07, 6.45) is 4.60. The predicted octanol–water partition coefficient (Wildman–Crippen LogP) is 5.79. The smallest absolute Gasteiger partial charge is 0.142 e. The third kappa shape index (κ3) is 3.05. The Morgan fingerprint density at radius 1 is 1.18 bits per heavy atom. The van der Waals surface area contributed by atoms with Gasteiger partial charge in [0.05, 0.1) is 3.57 Å². The molecule has 0 spiro atoms. The van der Waals surface area contributed by atoms with Crippen LogP contribution in [-0.2, 0) is 19.3 Å². The summed E-state index contributed by atoms with van der Waals surface area (Å²) >= 11 is 1.75. The summed E-state index contributed by atoms with van der Waals surface area (Å²) in [7, 11) is 0. The minimum Gasteiger partial charge on any atom is -0.206 e. The van der Waals surface area contributed by atoms with E-state index in [0.717, 1.165) is 31.2 Å². The highest BCUT2D eigenvalue weighted by Crippen LogP contribution is 2.36. The lowest BCUT2D eigenvalue weighted by atomic mass is 9.80. The normalized spacial score (nSPS) is 17.4. The lowest BCUT2D eigenvalue weighted by Gasteiger charge is -2.26. The molecule has 0 N–H and O–H groups in total. The molecule has 0 heterocycles. The number of hydrogen-bond donors (Lipinski definition) is 0. The van der Waals surface area contributed by atoms with Crippen LogP contribution in [-0.4, -0.2) is 0 Å². The van der Waals surface area contributed by atoms with Crippen molar-refractivity contribution in [2.75, 3.05) is 0 Å². The van der Waals surface area contributed by atoms with E-state index in [4.69, 9.17) is 0 Å². The zero-order valence-corrected chi connectivity index (χ0v) is 14.8. The van der Waals surface area contributed by atoms with Crippen molar-refractivity contribution in [3.8, 4) is 0 Å². The first-order valence-electron chi connectivity index (χ1n) is 7.84. The number of fused-ring (bicyclic) bond motifs is 1. The van der Waals surface area contributed by atoms with Crippen LogP contribution >= 0.6 is 22.6 Å². The SMILES string of the molecule is CCCc1ccc(C2CCc3c(cc(F)c(I)c3F)C2)cc1. The Bertz CT molecular complexity index is 677. The highest BCUT2D eigenvalue weighted by molar-refractivity contribution is 14.1. The molecule has 2 aromatic carbocycles. The molecule has 0 nitrogen and oxygen atoms in total. The Morgan fingerprint density at radius 2 is 1.91 bits per heavy atom. The molecule has 0 radical (unpaired) electrons. The van der Waals surface area contributed by atoms with E-state index in [2.05, 4.69) is 31.2 Å². The molecule has 0 bridgehead atoms. The third-order valence-corrected chi connectivity index (χ3v) is 5.54. The van der Waals surface area contributed by atoms with Crippen LogP contribution in [0.4, 0.5) is 8.78 Å². The summed E-state index contributed by atoms with van der Waals surface area (Å²) in [6.45, 7) is 2.18. The van der Waals surface area contributed by atoms with Gasteiger partial charge in [-0.05, 0) is 82.5 Å². The molecule has 0 fully saturated rings. The molecule has 1 aliphatic carbocycles. The second kappa shape index (κ2) is 6.65. The maximum atomic E-state index is 14.2.